The maximum absolute atomic E-state index is 11.5. The van der Waals surface area contributed by atoms with E-state index in [0.29, 0.717) is 0 Å². The lowest BCUT2D eigenvalue weighted by Crippen LogP contribution is -2.36. The second-order valence-electron chi connectivity index (χ2n) is 4.03. The summed E-state index contributed by atoms with van der Waals surface area (Å²) in [7, 11) is 0. The van der Waals surface area contributed by atoms with Crippen LogP contribution in [-0.4, -0.2) is 58.4 Å². The van der Waals surface area contributed by atoms with Crippen molar-refractivity contribution < 1.29 is 15.0 Å². The molecule has 0 aromatic carbocycles. The minimum Gasteiger partial charge on any atom is -0.378 e. The second kappa shape index (κ2) is 12.2. The maximum atomic E-state index is 11.5. The van der Waals surface area contributed by atoms with Gasteiger partial charge in [0, 0.05) is 0 Å². The Kier molecular flexibility index (Phi) is 12.5. The quantitative estimate of drug-likeness (QED) is 0.132. The van der Waals surface area contributed by atoms with Gasteiger partial charge < -0.3 is 32.3 Å². The Balaban J connectivity index is 4.11. The zero-order valence-electron chi connectivity index (χ0n) is 12.5. The van der Waals surface area contributed by atoms with E-state index in [9.17, 15) is 15.0 Å². The van der Waals surface area contributed by atoms with Gasteiger partial charge >= 0.3 is 6.03 Å². The molecule has 0 rings (SSSR count). The van der Waals surface area contributed by atoms with Crippen LogP contribution in [0.2, 0.25) is 0 Å². The van der Waals surface area contributed by atoms with Gasteiger partial charge in [-0.2, -0.15) is 0 Å². The third-order valence-electron chi connectivity index (χ3n) is 1.99. The molecule has 26 heavy (non-hydrogen) atoms. The first-order chi connectivity index (χ1) is 11.7. The molecule has 0 aliphatic carbocycles. The number of amides is 2. The highest BCUT2D eigenvalue weighted by atomic mass is 35.6. The minimum absolute atomic E-state index is 0.0218. The van der Waals surface area contributed by atoms with Crippen LogP contribution < -0.4 is 22.1 Å². The lowest BCUT2D eigenvalue weighted by molar-refractivity contribution is 0.189. The van der Waals surface area contributed by atoms with E-state index in [4.69, 9.17) is 81.1 Å². The number of hydrogen-bond acceptors (Lipinski definition) is 7. The van der Waals surface area contributed by atoms with Crippen LogP contribution in [0.5, 0.6) is 0 Å². The van der Waals surface area contributed by atoms with Gasteiger partial charge in [-0.3, -0.25) is 0 Å². The molecule has 2 amide bonds. The summed E-state index contributed by atoms with van der Waals surface area (Å²) in [5.41, 5.74) is 11.0. The normalized spacial score (nSPS) is 16.2. The van der Waals surface area contributed by atoms with Gasteiger partial charge in [0.05, 0.1) is 11.8 Å². The van der Waals surface area contributed by atoms with Gasteiger partial charge in [-0.15, -0.1) is 0 Å². The number of urea groups is 1. The second-order valence-corrected chi connectivity index (χ2v) is 10.8. The van der Waals surface area contributed by atoms with Gasteiger partial charge in [-0.25, -0.2) is 14.8 Å². The van der Waals surface area contributed by atoms with E-state index in [2.05, 4.69) is 20.6 Å². The fraction of sp³-hybridized carbons (Fsp3) is 0.667. The number of nitrogens with zero attached hydrogens (tertiary/aromatic N) is 2. The topological polar surface area (TPSA) is 158 Å². The first-order valence-corrected chi connectivity index (χ1v) is 10.4. The number of rotatable bonds is 6. The number of nitrogens with one attached hydrogen (secondary N) is 2. The molecular formula is C9H14Cl6N6O3S2. The summed E-state index contributed by atoms with van der Waals surface area (Å²) in [6.45, 7) is 0. The molecule has 0 radical (unpaired) electrons. The predicted octanol–water partition coefficient (Wildman–Crippen LogP) is 1.67. The Bertz CT molecular complexity index is 485. The summed E-state index contributed by atoms with van der Waals surface area (Å²) >= 11 is 34.3. The van der Waals surface area contributed by atoms with E-state index in [1.165, 1.54) is 0 Å². The molecule has 0 saturated carbocycles. The average Bonchev–Trinajstić information content (AvgIpc) is 2.44. The van der Waals surface area contributed by atoms with Crippen molar-refractivity contribution in [1.82, 2.24) is 10.6 Å². The van der Waals surface area contributed by atoms with E-state index < -0.39 is 26.1 Å². The number of carbonyl (C=O) groups is 1. The van der Waals surface area contributed by atoms with Gasteiger partial charge in [-0.05, 0) is 0 Å². The van der Waals surface area contributed by atoms with Gasteiger partial charge in [0.15, 0.2) is 22.8 Å². The fourth-order valence-corrected chi connectivity index (χ4v) is 2.22. The van der Waals surface area contributed by atoms with E-state index in [0.717, 1.165) is 23.5 Å². The van der Waals surface area contributed by atoms with E-state index >= 15 is 0 Å². The van der Waals surface area contributed by atoms with E-state index in [1.54, 1.807) is 0 Å². The van der Waals surface area contributed by atoms with E-state index in [-0.39, 0.29) is 22.1 Å². The first-order valence-electron chi connectivity index (χ1n) is 6.17. The third-order valence-corrected chi connectivity index (χ3v) is 4.54. The molecule has 0 aromatic heterocycles. The molecule has 8 N–H and O–H groups in total. The van der Waals surface area contributed by atoms with Crippen molar-refractivity contribution in [2.45, 2.75) is 20.0 Å². The molecule has 0 fully saturated rings. The van der Waals surface area contributed by atoms with Crippen LogP contribution in [0.1, 0.15) is 0 Å². The average molecular weight is 531 g/mol. The molecule has 0 aliphatic heterocycles. The lowest BCUT2D eigenvalue weighted by Gasteiger charge is -2.15. The summed E-state index contributed by atoms with van der Waals surface area (Å²) in [5.74, 6) is 0.0436. The van der Waals surface area contributed by atoms with Crippen LogP contribution in [0, 0.1) is 0 Å². The van der Waals surface area contributed by atoms with Crippen molar-refractivity contribution >= 4 is 109 Å². The zero-order chi connectivity index (χ0) is 20.5. The number of thioether (sulfide) groups is 2. The van der Waals surface area contributed by atoms with E-state index in [1.807, 2.05) is 0 Å². The Labute approximate surface area is 187 Å². The Hall–Kier alpha value is 0.570. The number of amidine groups is 2. The third kappa shape index (κ3) is 12.9. The molecule has 0 heterocycles. The summed E-state index contributed by atoms with van der Waals surface area (Å²) in [6.07, 6.45) is -3.29. The Morgan fingerprint density at radius 1 is 0.885 bits per heavy atom. The van der Waals surface area contributed by atoms with Crippen LogP contribution in [0.3, 0.4) is 0 Å². The van der Waals surface area contributed by atoms with Gasteiger partial charge in [0.1, 0.15) is 0 Å². The number of halogens is 6. The molecule has 17 heteroatoms. The van der Waals surface area contributed by atoms with Crippen molar-refractivity contribution in [1.29, 1.82) is 0 Å². The highest BCUT2D eigenvalue weighted by molar-refractivity contribution is 8.14. The highest BCUT2D eigenvalue weighted by Gasteiger charge is 2.31. The lowest BCUT2D eigenvalue weighted by atomic mass is 10.7. The molecule has 0 aliphatic rings. The molecule has 152 valence electrons. The summed E-state index contributed by atoms with van der Waals surface area (Å²) < 4.78 is -4.03. The van der Waals surface area contributed by atoms with Crippen molar-refractivity contribution in [3.63, 3.8) is 0 Å². The number of carbonyl (C=O) groups excluding carboxylic acids is 1. The maximum Gasteiger partial charge on any atom is 0.316 e. The number of aliphatic hydroxyl groups excluding tert-OH is 2. The minimum atomic E-state index is -2.02. The highest BCUT2D eigenvalue weighted by Crippen LogP contribution is 2.31. The van der Waals surface area contributed by atoms with Gasteiger partial charge in [-0.1, -0.05) is 93.1 Å². The van der Waals surface area contributed by atoms with Gasteiger partial charge in [0.2, 0.25) is 7.59 Å². The van der Waals surface area contributed by atoms with Crippen LogP contribution in [0.25, 0.3) is 0 Å². The molecule has 0 unspecified atom stereocenters. The molecule has 0 spiro atoms. The first kappa shape index (κ1) is 26.6. The standard InChI is InChI=1S/C9H14Cl6N6O3S2/c10-8(11,12)3(22)20-5(16)25-1-18-7(24)19-2-26-6(17)21-4(23)9(13,14)15/h3-4,22-23H,1-2H2,(H2,16,20)(H2,17,21)(H2,18,19,24)/t3-,4-/m1/s1. The van der Waals surface area contributed by atoms with Crippen molar-refractivity contribution in [2.75, 3.05) is 11.8 Å². The molecule has 0 aromatic rings. The Morgan fingerprint density at radius 2 is 1.19 bits per heavy atom. The molecular weight excluding hydrogens is 517 g/mol. The van der Waals surface area contributed by atoms with Crippen LogP contribution in [-0.2, 0) is 0 Å². The predicted molar refractivity (Wildman–Crippen MR) is 112 cm³/mol. The number of hydrogen-bond donors (Lipinski definition) is 6. The smallest absolute Gasteiger partial charge is 0.316 e. The molecule has 0 bridgehead atoms. The summed E-state index contributed by atoms with van der Waals surface area (Å²) in [5, 5.41) is 23.5. The van der Waals surface area contributed by atoms with Crippen molar-refractivity contribution in [3.05, 3.63) is 0 Å². The summed E-state index contributed by atoms with van der Waals surface area (Å²) in [6, 6.07) is -0.561. The summed E-state index contributed by atoms with van der Waals surface area (Å²) in [4.78, 5) is 18.6. The Morgan fingerprint density at radius 3 is 1.46 bits per heavy atom. The number of aliphatic imine (C=N–C) groups is 2. The number of nitrogens with two attached hydrogens (primary N) is 2. The largest absolute Gasteiger partial charge is 0.378 e. The van der Waals surface area contributed by atoms with Crippen LogP contribution in [0.4, 0.5) is 4.79 Å². The van der Waals surface area contributed by atoms with Gasteiger partial charge in [0.25, 0.3) is 0 Å². The molecule has 0 saturated heterocycles. The van der Waals surface area contributed by atoms with Crippen LogP contribution >= 0.6 is 93.1 Å². The molecule has 2 atom stereocenters. The molecule has 9 nitrogen and oxygen atoms in total. The number of alkyl halides is 6. The zero-order valence-corrected chi connectivity index (χ0v) is 18.7. The van der Waals surface area contributed by atoms with Crippen molar-refractivity contribution in [2.24, 2.45) is 21.5 Å². The number of aliphatic hydroxyl groups is 2. The van der Waals surface area contributed by atoms with Crippen molar-refractivity contribution in [3.8, 4) is 0 Å². The fourth-order valence-electron chi connectivity index (χ4n) is 0.876. The SMILES string of the molecule is NC(=N[C@H](O)C(Cl)(Cl)Cl)SCNC(=O)NCSC(N)=N[C@H](O)C(Cl)(Cl)Cl. The monoisotopic (exact) mass is 528 g/mol. The van der Waals surface area contributed by atoms with Crippen LogP contribution in [0.15, 0.2) is 9.98 Å².